The number of nitrogens with two attached hydrogens (primary N) is 1. The Kier molecular flexibility index (Phi) is 4.63. The molecule has 0 atom stereocenters. The molecular formula is C15H13FN2O3. The van der Waals surface area contributed by atoms with Crippen LogP contribution < -0.4 is 16.0 Å². The molecule has 0 aliphatic heterocycles. The van der Waals surface area contributed by atoms with Crippen molar-refractivity contribution in [3.05, 3.63) is 65.0 Å². The molecule has 2 aromatic carbocycles. The molecule has 0 heterocycles. The average Bonchev–Trinajstić information content (AvgIpc) is 2.53. The first-order valence-electron chi connectivity index (χ1n) is 6.11. The van der Waals surface area contributed by atoms with Gasteiger partial charge in [-0.25, -0.2) is 10.2 Å². The molecule has 3 N–H and O–H groups in total. The molecule has 0 bridgehead atoms. The highest BCUT2D eigenvalue weighted by Gasteiger charge is 2.09. The molecule has 0 spiro atoms. The Labute approximate surface area is 120 Å². The zero-order valence-electron chi connectivity index (χ0n) is 11.0. The summed E-state index contributed by atoms with van der Waals surface area (Å²) in [7, 11) is 0. The molecule has 0 aliphatic rings. The van der Waals surface area contributed by atoms with Gasteiger partial charge in [0, 0.05) is 16.7 Å². The second-order valence-electron chi connectivity index (χ2n) is 4.26. The summed E-state index contributed by atoms with van der Waals surface area (Å²) in [5, 5.41) is 0. The van der Waals surface area contributed by atoms with Crippen molar-refractivity contribution in [2.24, 2.45) is 5.84 Å². The number of amides is 1. The predicted molar refractivity (Wildman–Crippen MR) is 74.2 cm³/mol. The van der Waals surface area contributed by atoms with Gasteiger partial charge in [-0.15, -0.1) is 0 Å². The molecule has 6 heteroatoms. The van der Waals surface area contributed by atoms with Gasteiger partial charge in [-0.1, -0.05) is 0 Å². The van der Waals surface area contributed by atoms with E-state index in [0.717, 1.165) is 6.29 Å². The van der Waals surface area contributed by atoms with Crippen LogP contribution in [0.4, 0.5) is 4.39 Å². The van der Waals surface area contributed by atoms with Crippen molar-refractivity contribution < 1.29 is 18.7 Å². The van der Waals surface area contributed by atoms with Gasteiger partial charge in [-0.3, -0.25) is 15.0 Å². The normalized spacial score (nSPS) is 10.0. The van der Waals surface area contributed by atoms with E-state index in [4.69, 9.17) is 10.6 Å². The van der Waals surface area contributed by atoms with E-state index >= 15 is 0 Å². The van der Waals surface area contributed by atoms with Gasteiger partial charge in [-0.2, -0.15) is 0 Å². The number of aldehydes is 1. The van der Waals surface area contributed by atoms with Crippen LogP contribution in [0.3, 0.4) is 0 Å². The van der Waals surface area contributed by atoms with E-state index in [1.54, 1.807) is 24.3 Å². The van der Waals surface area contributed by atoms with Crippen LogP contribution in [0.1, 0.15) is 26.3 Å². The molecule has 2 aromatic rings. The first-order valence-corrected chi connectivity index (χ1v) is 6.11. The lowest BCUT2D eigenvalue weighted by atomic mass is 10.1. The third kappa shape index (κ3) is 3.64. The summed E-state index contributed by atoms with van der Waals surface area (Å²) in [4.78, 5) is 21.9. The fraction of sp³-hybridized carbons (Fsp3) is 0.0667. The highest BCUT2D eigenvalue weighted by Crippen LogP contribution is 2.16. The quantitative estimate of drug-likeness (QED) is 0.380. The van der Waals surface area contributed by atoms with Gasteiger partial charge in [-0.05, 0) is 42.5 Å². The number of carbonyl (C=O) groups excluding carboxylic acids is 2. The molecule has 0 aliphatic carbocycles. The minimum absolute atomic E-state index is 0.0437. The van der Waals surface area contributed by atoms with Crippen LogP contribution >= 0.6 is 0 Å². The van der Waals surface area contributed by atoms with Crippen molar-refractivity contribution in [1.82, 2.24) is 5.43 Å². The summed E-state index contributed by atoms with van der Waals surface area (Å²) in [6.45, 7) is -0.0437. The van der Waals surface area contributed by atoms with Crippen molar-refractivity contribution in [3.8, 4) is 5.75 Å². The van der Waals surface area contributed by atoms with Gasteiger partial charge in [0.05, 0.1) is 0 Å². The molecule has 21 heavy (non-hydrogen) atoms. The van der Waals surface area contributed by atoms with Crippen molar-refractivity contribution in [2.75, 3.05) is 0 Å². The fourth-order valence-electron chi connectivity index (χ4n) is 1.71. The third-order valence-electron chi connectivity index (χ3n) is 2.85. The number of benzene rings is 2. The Hall–Kier alpha value is -2.73. The van der Waals surface area contributed by atoms with Crippen molar-refractivity contribution in [1.29, 1.82) is 0 Å². The predicted octanol–water partition coefficient (Wildman–Crippen LogP) is 1.82. The van der Waals surface area contributed by atoms with Crippen molar-refractivity contribution in [3.63, 3.8) is 0 Å². The van der Waals surface area contributed by atoms with Crippen LogP contribution in [0.25, 0.3) is 0 Å². The zero-order valence-corrected chi connectivity index (χ0v) is 11.0. The first kappa shape index (κ1) is 14.7. The lowest BCUT2D eigenvalue weighted by Crippen LogP contribution is -2.30. The van der Waals surface area contributed by atoms with E-state index in [-0.39, 0.29) is 17.7 Å². The van der Waals surface area contributed by atoms with E-state index in [2.05, 4.69) is 0 Å². The van der Waals surface area contributed by atoms with Gasteiger partial charge < -0.3 is 4.74 Å². The SMILES string of the molecule is NNC(=O)c1ccc(F)c(COc2ccc(C=O)cc2)c1. The molecule has 0 aromatic heterocycles. The van der Waals surface area contributed by atoms with Gasteiger partial charge in [0.15, 0.2) is 0 Å². The maximum absolute atomic E-state index is 13.7. The Morgan fingerprint density at radius 3 is 2.57 bits per heavy atom. The van der Waals surface area contributed by atoms with Gasteiger partial charge in [0.25, 0.3) is 5.91 Å². The number of halogens is 1. The molecular weight excluding hydrogens is 275 g/mol. The number of rotatable bonds is 5. The van der Waals surface area contributed by atoms with Crippen molar-refractivity contribution >= 4 is 12.2 Å². The summed E-state index contributed by atoms with van der Waals surface area (Å²) >= 11 is 0. The molecule has 5 nitrogen and oxygen atoms in total. The summed E-state index contributed by atoms with van der Waals surface area (Å²) < 4.78 is 19.1. The maximum atomic E-state index is 13.7. The number of nitrogen functional groups attached to an aromatic ring is 1. The highest BCUT2D eigenvalue weighted by atomic mass is 19.1. The average molecular weight is 288 g/mol. The Morgan fingerprint density at radius 2 is 1.95 bits per heavy atom. The number of carbonyl (C=O) groups is 2. The number of hydrogen-bond donors (Lipinski definition) is 2. The lowest BCUT2D eigenvalue weighted by molar-refractivity contribution is 0.0953. The number of ether oxygens (including phenoxy) is 1. The topological polar surface area (TPSA) is 81.4 Å². The molecule has 108 valence electrons. The number of hydrogen-bond acceptors (Lipinski definition) is 4. The van der Waals surface area contributed by atoms with Gasteiger partial charge in [0.1, 0.15) is 24.5 Å². The molecule has 0 saturated carbocycles. The van der Waals surface area contributed by atoms with Crippen LogP contribution in [0.15, 0.2) is 42.5 Å². The van der Waals surface area contributed by atoms with Gasteiger partial charge >= 0.3 is 0 Å². The van der Waals surface area contributed by atoms with Crippen molar-refractivity contribution in [2.45, 2.75) is 6.61 Å². The minimum atomic E-state index is -0.508. The molecule has 0 saturated heterocycles. The fourth-order valence-corrected chi connectivity index (χ4v) is 1.71. The number of hydrazine groups is 1. The second kappa shape index (κ2) is 6.62. The van der Waals surface area contributed by atoms with E-state index in [9.17, 15) is 14.0 Å². The monoisotopic (exact) mass is 288 g/mol. The molecule has 0 fully saturated rings. The van der Waals surface area contributed by atoms with E-state index in [0.29, 0.717) is 11.3 Å². The third-order valence-corrected chi connectivity index (χ3v) is 2.85. The lowest BCUT2D eigenvalue weighted by Gasteiger charge is -2.09. The summed E-state index contributed by atoms with van der Waals surface area (Å²) in [6.07, 6.45) is 0.721. The molecule has 1 amide bonds. The zero-order chi connectivity index (χ0) is 15.2. The second-order valence-corrected chi connectivity index (χ2v) is 4.26. The Bertz CT molecular complexity index is 656. The van der Waals surface area contributed by atoms with Crippen LogP contribution in [0.2, 0.25) is 0 Å². The van der Waals surface area contributed by atoms with Crippen LogP contribution in [-0.2, 0) is 6.61 Å². The smallest absolute Gasteiger partial charge is 0.265 e. The van der Waals surface area contributed by atoms with Crippen LogP contribution in [0, 0.1) is 5.82 Å². The molecule has 2 rings (SSSR count). The van der Waals surface area contributed by atoms with Crippen LogP contribution in [0.5, 0.6) is 5.75 Å². The maximum Gasteiger partial charge on any atom is 0.265 e. The molecule has 0 radical (unpaired) electrons. The standard InChI is InChI=1S/C15H13FN2O3/c16-14-6-3-11(15(20)18-17)7-12(14)9-21-13-4-1-10(8-19)2-5-13/h1-8H,9,17H2,(H,18,20). The Balaban J connectivity index is 2.11. The largest absolute Gasteiger partial charge is 0.489 e. The number of nitrogens with one attached hydrogen (secondary N) is 1. The summed E-state index contributed by atoms with van der Waals surface area (Å²) in [5.41, 5.74) is 2.98. The van der Waals surface area contributed by atoms with Crippen LogP contribution in [-0.4, -0.2) is 12.2 Å². The summed E-state index contributed by atoms with van der Waals surface area (Å²) in [6, 6.07) is 10.3. The first-order chi connectivity index (χ1) is 10.1. The molecule has 0 unspecified atom stereocenters. The Morgan fingerprint density at radius 1 is 1.24 bits per heavy atom. The highest BCUT2D eigenvalue weighted by molar-refractivity contribution is 5.93. The van der Waals surface area contributed by atoms with E-state index < -0.39 is 11.7 Å². The van der Waals surface area contributed by atoms with E-state index in [1.807, 2.05) is 5.43 Å². The minimum Gasteiger partial charge on any atom is -0.489 e. The summed E-state index contributed by atoms with van der Waals surface area (Å²) in [5.74, 6) is 4.54. The van der Waals surface area contributed by atoms with E-state index in [1.165, 1.54) is 18.2 Å². The van der Waals surface area contributed by atoms with Gasteiger partial charge in [0.2, 0.25) is 0 Å².